The molecule has 0 radical (unpaired) electrons. The van der Waals surface area contributed by atoms with Crippen LogP contribution in [0.3, 0.4) is 0 Å². The molecule has 1 saturated carbocycles. The number of aryl methyl sites for hydroxylation is 1. The van der Waals surface area contributed by atoms with Crippen LogP contribution in [0.15, 0.2) is 42.9 Å². The lowest BCUT2D eigenvalue weighted by atomic mass is 9.86. The first-order valence-electron chi connectivity index (χ1n) is 12.2. The molecule has 204 valence electrons. The third kappa shape index (κ3) is 7.78. The van der Waals surface area contributed by atoms with E-state index in [2.05, 4.69) is 35.8 Å². The summed E-state index contributed by atoms with van der Waals surface area (Å²) >= 11 is 0. The van der Waals surface area contributed by atoms with Crippen LogP contribution >= 0.6 is 0 Å². The Hall–Kier alpha value is -3.94. The predicted octanol–water partition coefficient (Wildman–Crippen LogP) is 4.39. The fourth-order valence-electron chi connectivity index (χ4n) is 4.41. The van der Waals surface area contributed by atoms with Gasteiger partial charge in [0.1, 0.15) is 11.9 Å². The highest BCUT2D eigenvalue weighted by Gasteiger charge is 2.32. The van der Waals surface area contributed by atoms with Gasteiger partial charge in [-0.1, -0.05) is 18.2 Å². The first kappa shape index (κ1) is 27.1. The lowest BCUT2D eigenvalue weighted by Crippen LogP contribution is -2.34. The SMILES string of the molecule is Cn1cc(CN[C@H]2CC[C@@H](CNc3nc(NCc4ccccc4OC(F)(F)F)ncc3[N+](=O)[O-])CC2)cn1. The van der Waals surface area contributed by atoms with Gasteiger partial charge in [0.25, 0.3) is 0 Å². The monoisotopic (exact) mass is 534 g/mol. The Labute approximate surface area is 217 Å². The average Bonchev–Trinajstić information content (AvgIpc) is 3.30. The fraction of sp³-hybridized carbons (Fsp3) is 0.458. The first-order chi connectivity index (χ1) is 18.2. The van der Waals surface area contributed by atoms with Crippen molar-refractivity contribution in [2.75, 3.05) is 17.2 Å². The van der Waals surface area contributed by atoms with Crippen molar-refractivity contribution < 1.29 is 22.8 Å². The summed E-state index contributed by atoms with van der Waals surface area (Å²) in [7, 11) is 1.88. The van der Waals surface area contributed by atoms with Crippen LogP contribution in [0.2, 0.25) is 0 Å². The van der Waals surface area contributed by atoms with E-state index in [9.17, 15) is 23.3 Å². The lowest BCUT2D eigenvalue weighted by Gasteiger charge is -2.29. The average molecular weight is 535 g/mol. The molecule has 14 heteroatoms. The van der Waals surface area contributed by atoms with Gasteiger partial charge in [-0.15, -0.1) is 13.2 Å². The number of nitrogens with zero attached hydrogens (tertiary/aromatic N) is 5. The van der Waals surface area contributed by atoms with Crippen LogP contribution in [0.25, 0.3) is 0 Å². The van der Waals surface area contributed by atoms with Gasteiger partial charge < -0.3 is 20.7 Å². The molecule has 2 heterocycles. The topological polar surface area (TPSA) is 132 Å². The number of benzene rings is 1. The fourth-order valence-corrected chi connectivity index (χ4v) is 4.41. The molecule has 1 aliphatic carbocycles. The van der Waals surface area contributed by atoms with E-state index < -0.39 is 11.3 Å². The molecule has 0 unspecified atom stereocenters. The van der Waals surface area contributed by atoms with E-state index in [0.29, 0.717) is 18.5 Å². The second-order valence-corrected chi connectivity index (χ2v) is 9.20. The molecule has 0 bridgehead atoms. The lowest BCUT2D eigenvalue weighted by molar-refractivity contribution is -0.384. The van der Waals surface area contributed by atoms with Crippen molar-refractivity contribution in [3.8, 4) is 5.75 Å². The number of ether oxygens (including phenoxy) is 1. The summed E-state index contributed by atoms with van der Waals surface area (Å²) < 4.78 is 43.9. The zero-order valence-corrected chi connectivity index (χ0v) is 20.7. The molecule has 1 aliphatic rings. The van der Waals surface area contributed by atoms with Crippen LogP contribution < -0.4 is 20.7 Å². The summed E-state index contributed by atoms with van der Waals surface area (Å²) in [5.41, 5.74) is 1.09. The molecule has 1 fully saturated rings. The summed E-state index contributed by atoms with van der Waals surface area (Å²) in [5.74, 6) is 0.0782. The summed E-state index contributed by atoms with van der Waals surface area (Å²) in [6, 6.07) is 6.09. The number of rotatable bonds is 11. The quantitative estimate of drug-likeness (QED) is 0.242. The number of anilines is 2. The Morgan fingerprint density at radius 1 is 1.13 bits per heavy atom. The number of hydrogen-bond acceptors (Lipinski definition) is 9. The first-order valence-corrected chi connectivity index (χ1v) is 12.2. The van der Waals surface area contributed by atoms with Crippen molar-refractivity contribution in [1.29, 1.82) is 0 Å². The Balaban J connectivity index is 1.31. The maximum absolute atomic E-state index is 12.7. The number of alkyl halides is 3. The highest BCUT2D eigenvalue weighted by atomic mass is 19.4. The van der Waals surface area contributed by atoms with E-state index in [1.807, 2.05) is 19.4 Å². The molecule has 2 aromatic heterocycles. The zero-order chi connectivity index (χ0) is 27.1. The van der Waals surface area contributed by atoms with Crippen LogP contribution in [0.4, 0.5) is 30.6 Å². The molecule has 11 nitrogen and oxygen atoms in total. The smallest absolute Gasteiger partial charge is 0.405 e. The molecule has 3 aromatic rings. The van der Waals surface area contributed by atoms with Crippen LogP contribution in [0.5, 0.6) is 5.75 Å². The number of hydrogen-bond donors (Lipinski definition) is 3. The molecular weight excluding hydrogens is 505 g/mol. The second kappa shape index (κ2) is 12.1. The molecule has 1 aromatic carbocycles. The molecule has 0 aliphatic heterocycles. The maximum Gasteiger partial charge on any atom is 0.573 e. The minimum absolute atomic E-state index is 0.0446. The molecule has 38 heavy (non-hydrogen) atoms. The normalized spacial score (nSPS) is 17.7. The van der Waals surface area contributed by atoms with Crippen LogP contribution in [-0.4, -0.2) is 43.6 Å². The number of halogens is 3. The van der Waals surface area contributed by atoms with Crippen molar-refractivity contribution in [3.05, 3.63) is 64.1 Å². The molecule has 3 N–H and O–H groups in total. The third-order valence-corrected chi connectivity index (χ3v) is 6.36. The van der Waals surface area contributed by atoms with Gasteiger partial charge in [-0.2, -0.15) is 10.1 Å². The Bertz CT molecular complexity index is 1230. The summed E-state index contributed by atoms with van der Waals surface area (Å²) in [6.45, 7) is 1.20. The number of nitrogens with one attached hydrogen (secondary N) is 3. The largest absolute Gasteiger partial charge is 0.573 e. The van der Waals surface area contributed by atoms with Gasteiger partial charge >= 0.3 is 12.0 Å². The van der Waals surface area contributed by atoms with Crippen molar-refractivity contribution in [2.45, 2.75) is 51.2 Å². The van der Waals surface area contributed by atoms with E-state index in [0.717, 1.165) is 44.0 Å². The van der Waals surface area contributed by atoms with E-state index in [-0.39, 0.29) is 35.3 Å². The molecule has 0 spiro atoms. The number of para-hydroxylation sites is 1. The van der Waals surface area contributed by atoms with Gasteiger partial charge in [0.15, 0.2) is 0 Å². The van der Waals surface area contributed by atoms with Gasteiger partial charge in [0.2, 0.25) is 11.8 Å². The standard InChI is InChI=1S/C24H29F3N8O3/c1-34-15-17(12-32-34)11-28-19-8-6-16(7-9-19)10-29-22-20(35(36)37)14-31-23(33-22)30-13-18-4-2-3-5-21(18)38-24(25,26)27/h2-5,12,14-16,19,28H,6-11,13H2,1H3,(H2,29,30,31,33)/t16-,19+. The van der Waals surface area contributed by atoms with Crippen LogP contribution in [0, 0.1) is 16.0 Å². The summed E-state index contributed by atoms with van der Waals surface area (Å²) in [4.78, 5) is 19.1. The number of aromatic nitrogens is 4. The van der Waals surface area contributed by atoms with E-state index >= 15 is 0 Å². The maximum atomic E-state index is 12.7. The molecular formula is C24H29F3N8O3. The van der Waals surface area contributed by atoms with Gasteiger partial charge in [0.05, 0.1) is 11.1 Å². The minimum Gasteiger partial charge on any atom is -0.405 e. The highest BCUT2D eigenvalue weighted by Crippen LogP contribution is 2.29. The minimum atomic E-state index is -4.83. The van der Waals surface area contributed by atoms with Gasteiger partial charge in [-0.05, 0) is 37.7 Å². The second-order valence-electron chi connectivity index (χ2n) is 9.20. The van der Waals surface area contributed by atoms with Crippen LogP contribution in [-0.2, 0) is 20.1 Å². The van der Waals surface area contributed by atoms with Crippen LogP contribution in [0.1, 0.15) is 36.8 Å². The molecule has 4 rings (SSSR count). The van der Waals surface area contributed by atoms with E-state index in [1.165, 1.54) is 18.2 Å². The summed E-state index contributed by atoms with van der Waals surface area (Å²) in [5, 5.41) is 25.1. The van der Waals surface area contributed by atoms with Crippen molar-refractivity contribution in [2.24, 2.45) is 13.0 Å². The van der Waals surface area contributed by atoms with E-state index in [4.69, 9.17) is 0 Å². The van der Waals surface area contributed by atoms with Gasteiger partial charge in [0, 0.05) is 50.0 Å². The summed E-state index contributed by atoms with van der Waals surface area (Å²) in [6.07, 6.45) is 3.97. The van der Waals surface area contributed by atoms with Crippen molar-refractivity contribution in [3.63, 3.8) is 0 Å². The Morgan fingerprint density at radius 3 is 2.58 bits per heavy atom. The molecule has 0 amide bonds. The molecule has 0 saturated heterocycles. The highest BCUT2D eigenvalue weighted by molar-refractivity contribution is 5.57. The Kier molecular flexibility index (Phi) is 8.61. The van der Waals surface area contributed by atoms with Crippen molar-refractivity contribution in [1.82, 2.24) is 25.1 Å². The third-order valence-electron chi connectivity index (χ3n) is 6.36. The van der Waals surface area contributed by atoms with Gasteiger partial charge in [-0.3, -0.25) is 14.8 Å². The predicted molar refractivity (Wildman–Crippen MR) is 133 cm³/mol. The van der Waals surface area contributed by atoms with Crippen molar-refractivity contribution >= 4 is 17.5 Å². The molecule has 0 atom stereocenters. The zero-order valence-electron chi connectivity index (χ0n) is 20.7. The van der Waals surface area contributed by atoms with E-state index in [1.54, 1.807) is 10.7 Å². The van der Waals surface area contributed by atoms with Gasteiger partial charge in [-0.25, -0.2) is 4.98 Å². The number of nitro groups is 1. The Morgan fingerprint density at radius 2 is 1.89 bits per heavy atom.